The van der Waals surface area contributed by atoms with Crippen LogP contribution in [0.4, 0.5) is 0 Å². The first-order chi connectivity index (χ1) is 16.0. The molecule has 1 aliphatic rings. The van der Waals surface area contributed by atoms with Gasteiger partial charge in [0.15, 0.2) is 5.78 Å². The van der Waals surface area contributed by atoms with E-state index in [2.05, 4.69) is 9.97 Å². The normalized spacial score (nSPS) is 16.1. The lowest BCUT2D eigenvalue weighted by Crippen LogP contribution is -2.38. The number of ether oxygens (including phenoxy) is 1. The Morgan fingerprint density at radius 1 is 0.758 bits per heavy atom. The molecule has 2 atom stereocenters. The number of esters is 1. The molecule has 0 amide bonds. The van der Waals surface area contributed by atoms with Crippen LogP contribution in [0.25, 0.3) is 11.1 Å². The molecule has 1 aromatic heterocycles. The van der Waals surface area contributed by atoms with Gasteiger partial charge >= 0.3 is 5.97 Å². The first kappa shape index (κ1) is 21.3. The van der Waals surface area contributed by atoms with Crippen LogP contribution in [-0.4, -0.2) is 21.7 Å². The Morgan fingerprint density at radius 2 is 1.36 bits per heavy atom. The third kappa shape index (κ3) is 4.13. The molecule has 4 aromatic rings. The summed E-state index contributed by atoms with van der Waals surface area (Å²) >= 11 is 12.1. The summed E-state index contributed by atoms with van der Waals surface area (Å²) in [6.07, 6.45) is 3.34. The van der Waals surface area contributed by atoms with Gasteiger partial charge in [-0.3, -0.25) is 9.59 Å². The van der Waals surface area contributed by atoms with Gasteiger partial charge in [0.05, 0.1) is 11.5 Å². The second-order valence-corrected chi connectivity index (χ2v) is 8.50. The predicted octanol–water partition coefficient (Wildman–Crippen LogP) is 6.00. The van der Waals surface area contributed by atoms with Gasteiger partial charge in [0.25, 0.3) is 0 Å². The Morgan fingerprint density at radius 3 is 2.03 bits per heavy atom. The molecule has 0 bridgehead atoms. The summed E-state index contributed by atoms with van der Waals surface area (Å²) in [5.74, 6) is -2.23. The largest absolute Gasteiger partial charge is 0.425 e. The summed E-state index contributed by atoms with van der Waals surface area (Å²) in [5, 5.41) is 1.17. The summed E-state index contributed by atoms with van der Waals surface area (Å²) in [6.45, 7) is 0. The molecule has 2 heterocycles. The molecule has 5 nitrogen and oxygen atoms in total. The molecule has 0 aliphatic carbocycles. The lowest BCUT2D eigenvalue weighted by atomic mass is 9.79. The molecule has 2 unspecified atom stereocenters. The van der Waals surface area contributed by atoms with Gasteiger partial charge in [0, 0.05) is 28.0 Å². The van der Waals surface area contributed by atoms with Crippen molar-refractivity contribution >= 4 is 35.0 Å². The van der Waals surface area contributed by atoms with Crippen molar-refractivity contribution in [2.45, 2.75) is 5.92 Å². The summed E-state index contributed by atoms with van der Waals surface area (Å²) in [6, 6.07) is 21.0. The average molecular weight is 475 g/mol. The molecule has 3 aromatic carbocycles. The van der Waals surface area contributed by atoms with E-state index in [4.69, 9.17) is 27.9 Å². The van der Waals surface area contributed by atoms with Gasteiger partial charge in [-0.15, -0.1) is 0 Å². The zero-order valence-electron chi connectivity index (χ0n) is 17.1. The second kappa shape index (κ2) is 8.77. The topological polar surface area (TPSA) is 69.2 Å². The maximum atomic E-state index is 13.4. The second-order valence-electron chi connectivity index (χ2n) is 7.63. The quantitative estimate of drug-likeness (QED) is 0.206. The first-order valence-corrected chi connectivity index (χ1v) is 10.9. The molecular formula is C26H16Cl2N2O3. The van der Waals surface area contributed by atoms with Crippen LogP contribution in [0, 0.1) is 5.92 Å². The van der Waals surface area contributed by atoms with E-state index in [1.54, 1.807) is 73.1 Å². The zero-order valence-corrected chi connectivity index (χ0v) is 18.6. The molecule has 1 aliphatic heterocycles. The highest BCUT2D eigenvalue weighted by molar-refractivity contribution is 6.30. The van der Waals surface area contributed by atoms with E-state index >= 15 is 0 Å². The van der Waals surface area contributed by atoms with Crippen molar-refractivity contribution < 1.29 is 14.3 Å². The Bertz CT molecular complexity index is 1340. The SMILES string of the molecule is O=C1Oc2ccccc2C(=O)C1C(c1ccc(Cl)cc1)c1ncc(-c2ccc(Cl)cc2)cn1. The number of hydrogen-bond donors (Lipinski definition) is 0. The number of hydrogen-bond acceptors (Lipinski definition) is 5. The monoisotopic (exact) mass is 474 g/mol. The highest BCUT2D eigenvalue weighted by Crippen LogP contribution is 2.39. The minimum Gasteiger partial charge on any atom is -0.425 e. The van der Waals surface area contributed by atoms with Crippen molar-refractivity contribution in [3.63, 3.8) is 0 Å². The van der Waals surface area contributed by atoms with Crippen molar-refractivity contribution in [3.05, 3.63) is 112 Å². The zero-order chi connectivity index (χ0) is 22.9. The van der Waals surface area contributed by atoms with E-state index < -0.39 is 17.8 Å². The van der Waals surface area contributed by atoms with E-state index in [1.807, 2.05) is 12.1 Å². The smallest absolute Gasteiger partial charge is 0.323 e. The molecule has 5 rings (SSSR count). The fourth-order valence-electron chi connectivity index (χ4n) is 3.94. The maximum absolute atomic E-state index is 13.4. The number of halogens is 2. The van der Waals surface area contributed by atoms with E-state index in [9.17, 15) is 9.59 Å². The summed E-state index contributed by atoms with van der Waals surface area (Å²) in [4.78, 5) is 35.5. The van der Waals surface area contributed by atoms with Gasteiger partial charge in [0.2, 0.25) is 0 Å². The minimum absolute atomic E-state index is 0.262. The lowest BCUT2D eigenvalue weighted by molar-refractivity contribution is -0.138. The number of aromatic nitrogens is 2. The van der Waals surface area contributed by atoms with Crippen LogP contribution in [0.5, 0.6) is 5.75 Å². The number of carbonyl (C=O) groups excluding carboxylic acids is 2. The Balaban J connectivity index is 1.58. The molecule has 0 saturated carbocycles. The Hall–Kier alpha value is -3.54. The Labute approximate surface area is 200 Å². The van der Waals surface area contributed by atoms with E-state index in [-0.39, 0.29) is 11.5 Å². The first-order valence-electron chi connectivity index (χ1n) is 10.2. The van der Waals surface area contributed by atoms with E-state index in [1.165, 1.54) is 0 Å². The molecule has 0 fully saturated rings. The fourth-order valence-corrected chi connectivity index (χ4v) is 4.20. The molecular weight excluding hydrogens is 459 g/mol. The predicted molar refractivity (Wildman–Crippen MR) is 126 cm³/mol. The highest BCUT2D eigenvalue weighted by Gasteiger charge is 2.44. The van der Waals surface area contributed by atoms with Gasteiger partial charge in [-0.2, -0.15) is 0 Å². The summed E-state index contributed by atoms with van der Waals surface area (Å²) in [5.41, 5.74) is 2.73. The molecule has 0 spiro atoms. The van der Waals surface area contributed by atoms with Gasteiger partial charge < -0.3 is 4.74 Å². The third-order valence-electron chi connectivity index (χ3n) is 5.59. The van der Waals surface area contributed by atoms with Crippen molar-refractivity contribution in [2.75, 3.05) is 0 Å². The number of rotatable bonds is 4. The van der Waals surface area contributed by atoms with Crippen LogP contribution in [0.2, 0.25) is 10.0 Å². The van der Waals surface area contributed by atoms with Crippen LogP contribution < -0.4 is 4.74 Å². The number of ketones is 1. The van der Waals surface area contributed by atoms with Crippen molar-refractivity contribution in [1.29, 1.82) is 0 Å². The molecule has 0 saturated heterocycles. The maximum Gasteiger partial charge on any atom is 0.323 e. The minimum atomic E-state index is -1.12. The number of nitrogens with zero attached hydrogens (tertiary/aromatic N) is 2. The van der Waals surface area contributed by atoms with Crippen LogP contribution in [-0.2, 0) is 4.79 Å². The van der Waals surface area contributed by atoms with Gasteiger partial charge in [-0.1, -0.05) is 59.6 Å². The summed E-state index contributed by atoms with van der Waals surface area (Å²) < 4.78 is 5.51. The van der Waals surface area contributed by atoms with E-state index in [0.29, 0.717) is 27.0 Å². The highest BCUT2D eigenvalue weighted by atomic mass is 35.5. The van der Waals surface area contributed by atoms with Crippen LogP contribution >= 0.6 is 23.2 Å². The molecule has 33 heavy (non-hydrogen) atoms. The van der Waals surface area contributed by atoms with Gasteiger partial charge in [-0.05, 0) is 47.5 Å². The average Bonchev–Trinajstić information content (AvgIpc) is 2.83. The van der Waals surface area contributed by atoms with Crippen molar-refractivity contribution in [3.8, 4) is 16.9 Å². The van der Waals surface area contributed by atoms with Gasteiger partial charge in [0.1, 0.15) is 17.5 Å². The van der Waals surface area contributed by atoms with Crippen LogP contribution in [0.1, 0.15) is 27.7 Å². The molecule has 0 radical (unpaired) electrons. The molecule has 162 valence electrons. The number of carbonyl (C=O) groups is 2. The standard InChI is InChI=1S/C26H16Cl2N2O3/c27-18-9-5-15(6-10-18)17-13-29-25(30-14-17)22(16-7-11-19(28)12-8-16)23-24(31)20-3-1-2-4-21(20)33-26(23)32/h1-14,22-23H. The Kier molecular flexibility index (Phi) is 5.67. The number of Topliss-reactive ketones (excluding diaryl/α,β-unsaturated/α-hetero) is 1. The number of benzene rings is 3. The van der Waals surface area contributed by atoms with E-state index in [0.717, 1.165) is 11.1 Å². The van der Waals surface area contributed by atoms with Crippen LogP contribution in [0.15, 0.2) is 85.2 Å². The third-order valence-corrected chi connectivity index (χ3v) is 6.09. The van der Waals surface area contributed by atoms with Crippen molar-refractivity contribution in [2.24, 2.45) is 5.92 Å². The molecule has 7 heteroatoms. The van der Waals surface area contributed by atoms with Gasteiger partial charge in [-0.25, -0.2) is 9.97 Å². The van der Waals surface area contributed by atoms with Crippen molar-refractivity contribution in [1.82, 2.24) is 9.97 Å². The number of para-hydroxylation sites is 1. The van der Waals surface area contributed by atoms with Crippen LogP contribution in [0.3, 0.4) is 0 Å². The lowest BCUT2D eigenvalue weighted by Gasteiger charge is -2.28. The number of fused-ring (bicyclic) bond motifs is 1. The fraction of sp³-hybridized carbons (Fsp3) is 0.0769. The molecule has 0 N–H and O–H groups in total. The summed E-state index contributed by atoms with van der Waals surface area (Å²) in [7, 11) is 0.